The van der Waals surface area contributed by atoms with Gasteiger partial charge in [-0.3, -0.25) is 9.69 Å². The van der Waals surface area contributed by atoms with Crippen LogP contribution in [0.2, 0.25) is 0 Å². The van der Waals surface area contributed by atoms with Gasteiger partial charge in [0.1, 0.15) is 0 Å². The van der Waals surface area contributed by atoms with Crippen LogP contribution < -0.4 is 5.32 Å². The second-order valence-electron chi connectivity index (χ2n) is 6.88. The van der Waals surface area contributed by atoms with E-state index in [0.717, 1.165) is 44.9 Å². The van der Waals surface area contributed by atoms with Crippen LogP contribution in [0.1, 0.15) is 28.8 Å². The highest BCUT2D eigenvalue weighted by molar-refractivity contribution is 5.94. The zero-order valence-corrected chi connectivity index (χ0v) is 15.4. The largest absolute Gasteiger partial charge is 0.416 e. The van der Waals surface area contributed by atoms with Crippen LogP contribution in [0.4, 0.5) is 13.2 Å². The fourth-order valence-corrected chi connectivity index (χ4v) is 3.59. The molecule has 0 aromatic heterocycles. The molecule has 0 radical (unpaired) electrons. The number of nitrogens with zero attached hydrogens (tertiary/aromatic N) is 2. The number of carbonyl (C=O) groups excluding carboxylic acids is 1. The van der Waals surface area contributed by atoms with Gasteiger partial charge in [-0.2, -0.15) is 13.2 Å². The van der Waals surface area contributed by atoms with Crippen LogP contribution in [-0.2, 0) is 6.18 Å². The second-order valence-corrected chi connectivity index (χ2v) is 6.88. The minimum Gasteiger partial charge on any atom is -0.336 e. The maximum absolute atomic E-state index is 12.8. The number of nitrogens with one attached hydrogen (secondary N) is 1. The van der Waals surface area contributed by atoms with Crippen molar-refractivity contribution in [3.63, 3.8) is 0 Å². The smallest absolute Gasteiger partial charge is 0.336 e. The van der Waals surface area contributed by atoms with Crippen molar-refractivity contribution < 1.29 is 18.0 Å². The third kappa shape index (κ3) is 5.34. The van der Waals surface area contributed by atoms with Crippen LogP contribution in [0.3, 0.4) is 0 Å². The predicted octanol–water partition coefficient (Wildman–Crippen LogP) is 2.88. The summed E-state index contributed by atoms with van der Waals surface area (Å²) >= 11 is 0. The topological polar surface area (TPSA) is 35.6 Å². The van der Waals surface area contributed by atoms with Crippen molar-refractivity contribution in [2.45, 2.75) is 19.0 Å². The molecule has 1 amide bonds. The lowest BCUT2D eigenvalue weighted by atomic mass is 9.99. The van der Waals surface area contributed by atoms with Gasteiger partial charge in [-0.05, 0) is 50.0 Å². The van der Waals surface area contributed by atoms with E-state index in [1.54, 1.807) is 4.90 Å². The number of piperidine rings is 1. The van der Waals surface area contributed by atoms with E-state index in [2.05, 4.69) is 10.2 Å². The summed E-state index contributed by atoms with van der Waals surface area (Å²) in [5.74, 6) is 0.338. The number of amides is 1. The zero-order chi connectivity index (χ0) is 17.9. The SMILES string of the molecule is Cl.O=C(c1cccc(C(F)(F)F)c1)N1CCN(CC2CCCNC2)CC1. The van der Waals surface area contributed by atoms with Crippen LogP contribution in [0.15, 0.2) is 24.3 Å². The molecule has 0 spiro atoms. The Kier molecular flexibility index (Phi) is 7.32. The van der Waals surface area contributed by atoms with E-state index in [-0.39, 0.29) is 23.9 Å². The molecule has 3 rings (SSSR count). The van der Waals surface area contributed by atoms with Gasteiger partial charge in [-0.1, -0.05) is 6.07 Å². The summed E-state index contributed by atoms with van der Waals surface area (Å²) < 4.78 is 38.4. The standard InChI is InChI=1S/C18H24F3N3O.ClH/c19-18(20,21)16-5-1-4-15(11-16)17(25)24-9-7-23(8-10-24)13-14-3-2-6-22-12-14;/h1,4-5,11,14,22H,2-3,6-10,12-13H2;1H. The van der Waals surface area contributed by atoms with Gasteiger partial charge in [0.25, 0.3) is 5.91 Å². The van der Waals surface area contributed by atoms with Gasteiger partial charge in [-0.25, -0.2) is 0 Å². The van der Waals surface area contributed by atoms with Gasteiger partial charge in [0.15, 0.2) is 0 Å². The van der Waals surface area contributed by atoms with E-state index < -0.39 is 11.7 Å². The van der Waals surface area contributed by atoms with Crippen LogP contribution in [0.25, 0.3) is 0 Å². The van der Waals surface area contributed by atoms with Crippen molar-refractivity contribution in [1.82, 2.24) is 15.1 Å². The van der Waals surface area contributed by atoms with Crippen LogP contribution in [0, 0.1) is 5.92 Å². The molecule has 1 N–H and O–H groups in total. The molecule has 8 heteroatoms. The third-order valence-electron chi connectivity index (χ3n) is 5.01. The fraction of sp³-hybridized carbons (Fsp3) is 0.611. The van der Waals surface area contributed by atoms with Gasteiger partial charge < -0.3 is 10.2 Å². The average Bonchev–Trinajstić information content (AvgIpc) is 2.62. The summed E-state index contributed by atoms with van der Waals surface area (Å²) in [7, 11) is 0. The van der Waals surface area contributed by atoms with Gasteiger partial charge in [0.05, 0.1) is 5.56 Å². The highest BCUT2D eigenvalue weighted by Gasteiger charge is 2.32. The summed E-state index contributed by atoms with van der Waals surface area (Å²) in [6.45, 7) is 5.85. The van der Waals surface area contributed by atoms with Gasteiger partial charge >= 0.3 is 6.18 Å². The zero-order valence-electron chi connectivity index (χ0n) is 14.6. The van der Waals surface area contributed by atoms with Crippen molar-refractivity contribution in [2.24, 2.45) is 5.92 Å². The molecule has 2 heterocycles. The molecule has 146 valence electrons. The average molecular weight is 392 g/mol. The highest BCUT2D eigenvalue weighted by atomic mass is 35.5. The normalized spacial score (nSPS) is 22.0. The Bertz CT molecular complexity index is 598. The fourth-order valence-electron chi connectivity index (χ4n) is 3.59. The molecule has 1 atom stereocenters. The Hall–Kier alpha value is -1.31. The van der Waals surface area contributed by atoms with Crippen molar-refractivity contribution in [2.75, 3.05) is 45.8 Å². The Morgan fingerprint density at radius 1 is 1.19 bits per heavy atom. The summed E-state index contributed by atoms with van der Waals surface area (Å²) in [6, 6.07) is 4.69. The maximum Gasteiger partial charge on any atom is 0.416 e. The van der Waals surface area contributed by atoms with Crippen LogP contribution in [0.5, 0.6) is 0 Å². The lowest BCUT2D eigenvalue weighted by Gasteiger charge is -2.37. The van der Waals surface area contributed by atoms with Gasteiger partial charge in [-0.15, -0.1) is 12.4 Å². The highest BCUT2D eigenvalue weighted by Crippen LogP contribution is 2.29. The minimum atomic E-state index is -4.43. The van der Waals surface area contributed by atoms with E-state index in [1.807, 2.05) is 0 Å². The van der Waals surface area contributed by atoms with E-state index >= 15 is 0 Å². The van der Waals surface area contributed by atoms with Crippen molar-refractivity contribution in [3.8, 4) is 0 Å². The lowest BCUT2D eigenvalue weighted by molar-refractivity contribution is -0.137. The number of alkyl halides is 3. The quantitative estimate of drug-likeness (QED) is 0.860. The van der Waals surface area contributed by atoms with E-state index in [9.17, 15) is 18.0 Å². The number of benzene rings is 1. The molecule has 1 aromatic carbocycles. The summed E-state index contributed by atoms with van der Waals surface area (Å²) in [6.07, 6.45) is -1.99. The van der Waals surface area contributed by atoms with Crippen molar-refractivity contribution in [3.05, 3.63) is 35.4 Å². The van der Waals surface area contributed by atoms with Gasteiger partial charge in [0.2, 0.25) is 0 Å². The maximum atomic E-state index is 12.8. The molecule has 26 heavy (non-hydrogen) atoms. The minimum absolute atomic E-state index is 0. The second kappa shape index (κ2) is 9.06. The van der Waals surface area contributed by atoms with Crippen molar-refractivity contribution >= 4 is 18.3 Å². The molecule has 2 fully saturated rings. The van der Waals surface area contributed by atoms with E-state index in [0.29, 0.717) is 19.0 Å². The Morgan fingerprint density at radius 2 is 1.92 bits per heavy atom. The Morgan fingerprint density at radius 3 is 2.54 bits per heavy atom. The molecular weight excluding hydrogens is 367 g/mol. The predicted molar refractivity (Wildman–Crippen MR) is 96.6 cm³/mol. The molecular formula is C18H25ClF3N3O. The summed E-state index contributed by atoms with van der Waals surface area (Å²) in [5, 5.41) is 3.41. The van der Waals surface area contributed by atoms with Crippen molar-refractivity contribution in [1.29, 1.82) is 0 Å². The first kappa shape index (κ1) is 21.0. The Balaban J connectivity index is 0.00000243. The molecule has 0 saturated carbocycles. The summed E-state index contributed by atoms with van der Waals surface area (Å²) in [5.41, 5.74) is -0.665. The van der Waals surface area contributed by atoms with Crippen LogP contribution >= 0.6 is 12.4 Å². The first-order valence-electron chi connectivity index (χ1n) is 8.83. The summed E-state index contributed by atoms with van der Waals surface area (Å²) in [4.78, 5) is 16.5. The number of rotatable bonds is 3. The molecule has 0 aliphatic carbocycles. The molecule has 1 aromatic rings. The number of hydrogen-bond donors (Lipinski definition) is 1. The lowest BCUT2D eigenvalue weighted by Crippen LogP contribution is -2.50. The van der Waals surface area contributed by atoms with Gasteiger partial charge in [0, 0.05) is 38.3 Å². The third-order valence-corrected chi connectivity index (χ3v) is 5.01. The number of hydrogen-bond acceptors (Lipinski definition) is 3. The first-order chi connectivity index (χ1) is 11.9. The molecule has 2 aliphatic heterocycles. The van der Waals surface area contributed by atoms with E-state index in [1.165, 1.54) is 25.0 Å². The molecule has 1 unspecified atom stereocenters. The Labute approximate surface area is 158 Å². The number of halogens is 4. The van der Waals surface area contributed by atoms with Crippen LogP contribution in [-0.4, -0.2) is 61.5 Å². The number of piperazine rings is 1. The first-order valence-corrected chi connectivity index (χ1v) is 8.83. The molecule has 2 saturated heterocycles. The number of carbonyl (C=O) groups is 1. The van der Waals surface area contributed by atoms with E-state index in [4.69, 9.17) is 0 Å². The molecule has 0 bridgehead atoms. The molecule has 2 aliphatic rings. The monoisotopic (exact) mass is 391 g/mol. The molecule has 4 nitrogen and oxygen atoms in total.